The van der Waals surface area contributed by atoms with Gasteiger partial charge in [0, 0.05) is 32.9 Å². The molecule has 0 radical (unpaired) electrons. The molecule has 0 saturated heterocycles. The van der Waals surface area contributed by atoms with Gasteiger partial charge in [0.2, 0.25) is 0 Å². The number of fused-ring (bicyclic) bond motifs is 6. The van der Waals surface area contributed by atoms with Gasteiger partial charge in [0.25, 0.3) is 0 Å². The molecule has 2 heterocycles. The first-order valence-electron chi connectivity index (χ1n) is 19.3. The van der Waals surface area contributed by atoms with E-state index in [1.807, 2.05) is 36.4 Å². The minimum Gasteiger partial charge on any atom is -0.309 e. The molecule has 234 valence electrons. The van der Waals surface area contributed by atoms with Crippen molar-refractivity contribution in [3.8, 4) is 44.8 Å². The number of nitrogens with zero attached hydrogens (tertiary/aromatic N) is 2. The van der Waals surface area contributed by atoms with Gasteiger partial charge in [-0.25, -0.2) is 0 Å². The van der Waals surface area contributed by atoms with Crippen molar-refractivity contribution in [2.24, 2.45) is 0 Å². The zero-order valence-electron chi connectivity index (χ0n) is 32.0. The Morgan fingerprint density at radius 1 is 0.300 bits per heavy atom. The van der Waals surface area contributed by atoms with Gasteiger partial charge in [-0.15, -0.1) is 0 Å². The molecule has 10 rings (SSSR count). The summed E-state index contributed by atoms with van der Waals surface area (Å²) in [6.07, 6.45) is 0. The number of para-hydroxylation sites is 3. The molecule has 0 amide bonds. The lowest BCUT2D eigenvalue weighted by Crippen LogP contribution is -1.94. The van der Waals surface area contributed by atoms with Crippen LogP contribution in [-0.4, -0.2) is 9.13 Å². The van der Waals surface area contributed by atoms with Crippen molar-refractivity contribution < 1.29 is 6.85 Å². The van der Waals surface area contributed by atoms with E-state index in [2.05, 4.69) is 132 Å². The highest BCUT2D eigenvalue weighted by Gasteiger charge is 2.16. The SMILES string of the molecule is [2H]c1c([2H])c([2H])c(-n2c3ccccc3c3cc(-c4ccc5c(c4)c4ccccc4n5-c4ccc(-c5ccc(-c6ccccc6)cc5)cc4)ccc32)c([2H])c1[2H]. The Morgan fingerprint density at radius 2 is 0.700 bits per heavy atom. The van der Waals surface area contributed by atoms with Gasteiger partial charge < -0.3 is 9.13 Å². The van der Waals surface area contributed by atoms with Crippen molar-refractivity contribution in [2.75, 3.05) is 0 Å². The van der Waals surface area contributed by atoms with Crippen molar-refractivity contribution >= 4 is 43.6 Å². The van der Waals surface area contributed by atoms with Crippen LogP contribution in [0.25, 0.3) is 88.4 Å². The maximum Gasteiger partial charge on any atom is 0.0645 e. The Hall–Kier alpha value is -6.64. The lowest BCUT2D eigenvalue weighted by atomic mass is 10.00. The van der Waals surface area contributed by atoms with Gasteiger partial charge in [-0.1, -0.05) is 133 Å². The van der Waals surface area contributed by atoms with E-state index in [9.17, 15) is 0 Å². The Balaban J connectivity index is 1.06. The topological polar surface area (TPSA) is 9.86 Å². The molecule has 0 bridgehead atoms. The molecule has 8 aromatic carbocycles. The van der Waals surface area contributed by atoms with Gasteiger partial charge in [-0.3, -0.25) is 0 Å². The fourth-order valence-electron chi connectivity index (χ4n) is 7.47. The number of rotatable bonds is 5. The number of hydrogen-bond donors (Lipinski definition) is 0. The van der Waals surface area contributed by atoms with Crippen LogP contribution < -0.4 is 0 Å². The Labute approximate surface area is 297 Å². The predicted octanol–water partition coefficient (Wildman–Crippen LogP) is 12.9. The van der Waals surface area contributed by atoms with Crippen LogP contribution in [0.5, 0.6) is 0 Å². The van der Waals surface area contributed by atoms with E-state index in [0.29, 0.717) is 0 Å². The smallest absolute Gasteiger partial charge is 0.0645 e. The minimum atomic E-state index is -0.402. The van der Waals surface area contributed by atoms with Crippen molar-refractivity contribution in [3.05, 3.63) is 194 Å². The largest absolute Gasteiger partial charge is 0.309 e. The summed E-state index contributed by atoms with van der Waals surface area (Å²) in [4.78, 5) is 0. The van der Waals surface area contributed by atoms with Crippen LogP contribution in [0.15, 0.2) is 194 Å². The summed E-state index contributed by atoms with van der Waals surface area (Å²) in [5.41, 5.74) is 11.9. The Kier molecular flexibility index (Phi) is 5.44. The number of hydrogen-bond acceptors (Lipinski definition) is 0. The molecule has 2 aromatic heterocycles. The Bertz CT molecular complexity index is 3100. The fourth-order valence-corrected chi connectivity index (χ4v) is 7.47. The zero-order chi connectivity index (χ0) is 37.4. The molecule has 0 spiro atoms. The predicted molar refractivity (Wildman–Crippen MR) is 211 cm³/mol. The molecule has 2 nitrogen and oxygen atoms in total. The molecular weight excluding hydrogens is 605 g/mol. The summed E-state index contributed by atoms with van der Waals surface area (Å²) in [5.74, 6) is 0. The number of benzene rings is 8. The summed E-state index contributed by atoms with van der Waals surface area (Å²) in [6.45, 7) is 0. The first-order chi connectivity index (χ1) is 26.9. The van der Waals surface area contributed by atoms with Crippen LogP contribution in [0.4, 0.5) is 0 Å². The normalized spacial score (nSPS) is 13.0. The van der Waals surface area contributed by atoms with Gasteiger partial charge in [0.1, 0.15) is 0 Å². The molecule has 0 aliphatic rings. The van der Waals surface area contributed by atoms with E-state index in [0.717, 1.165) is 60.6 Å². The Morgan fingerprint density at radius 3 is 1.24 bits per heavy atom. The molecule has 0 aliphatic carbocycles. The first-order valence-corrected chi connectivity index (χ1v) is 16.8. The van der Waals surface area contributed by atoms with Crippen LogP contribution in [0.1, 0.15) is 6.85 Å². The standard InChI is InChI=1S/C48H32N2/c1-3-11-33(12-4-1)34-19-21-35(22-20-34)36-23-27-40(28-24-36)50-46-18-10-8-16-42(46)44-32-38(26-30-48(44)50)37-25-29-47-43(31-37)41-15-7-9-17-45(41)49(47)39-13-5-2-6-14-39/h1-32H/i2D,5D,6D,13D,14D. The van der Waals surface area contributed by atoms with E-state index in [-0.39, 0.29) is 29.9 Å². The van der Waals surface area contributed by atoms with Crippen LogP contribution in [0.2, 0.25) is 0 Å². The van der Waals surface area contributed by atoms with E-state index >= 15 is 0 Å². The zero-order valence-corrected chi connectivity index (χ0v) is 27.0. The van der Waals surface area contributed by atoms with Gasteiger partial charge in [0.05, 0.1) is 28.9 Å². The molecule has 0 aliphatic heterocycles. The van der Waals surface area contributed by atoms with E-state index < -0.39 is 6.04 Å². The lowest BCUT2D eigenvalue weighted by molar-refractivity contribution is 1.18. The van der Waals surface area contributed by atoms with Crippen molar-refractivity contribution in [3.63, 3.8) is 0 Å². The summed E-state index contributed by atoms with van der Waals surface area (Å²) < 4.78 is 46.4. The molecule has 0 atom stereocenters. The first kappa shape index (κ1) is 23.6. The van der Waals surface area contributed by atoms with Crippen LogP contribution >= 0.6 is 0 Å². The summed E-state index contributed by atoms with van der Waals surface area (Å²) in [5, 5.41) is 4.20. The highest BCUT2D eigenvalue weighted by molar-refractivity contribution is 6.12. The molecule has 50 heavy (non-hydrogen) atoms. The molecule has 10 aromatic rings. The van der Waals surface area contributed by atoms with E-state index in [1.165, 1.54) is 22.1 Å². The summed E-state index contributed by atoms with van der Waals surface area (Å²) in [6, 6.07) is 55.5. The fraction of sp³-hybridized carbons (Fsp3) is 0. The number of aromatic nitrogens is 2. The third-order valence-electron chi connectivity index (χ3n) is 9.84. The maximum absolute atomic E-state index is 8.73. The van der Waals surface area contributed by atoms with Crippen molar-refractivity contribution in [1.29, 1.82) is 0 Å². The third kappa shape index (κ3) is 4.57. The van der Waals surface area contributed by atoms with Gasteiger partial charge in [0.15, 0.2) is 0 Å². The average molecular weight is 642 g/mol. The lowest BCUT2D eigenvalue weighted by Gasteiger charge is -2.11. The van der Waals surface area contributed by atoms with E-state index in [4.69, 9.17) is 6.85 Å². The van der Waals surface area contributed by atoms with Gasteiger partial charge in [-0.2, -0.15) is 0 Å². The second kappa shape index (κ2) is 11.5. The minimum absolute atomic E-state index is 0.146. The highest BCUT2D eigenvalue weighted by atomic mass is 15.0. The monoisotopic (exact) mass is 641 g/mol. The summed E-state index contributed by atoms with van der Waals surface area (Å²) >= 11 is 0. The summed E-state index contributed by atoms with van der Waals surface area (Å²) in [7, 11) is 0. The molecule has 0 fully saturated rings. The molecular formula is C48H32N2. The second-order valence-corrected chi connectivity index (χ2v) is 12.6. The molecule has 0 saturated carbocycles. The third-order valence-corrected chi connectivity index (χ3v) is 9.84. The van der Waals surface area contributed by atoms with Crippen LogP contribution in [-0.2, 0) is 0 Å². The van der Waals surface area contributed by atoms with Crippen LogP contribution in [0.3, 0.4) is 0 Å². The molecule has 0 unspecified atom stereocenters. The van der Waals surface area contributed by atoms with Crippen LogP contribution in [0, 0.1) is 0 Å². The van der Waals surface area contributed by atoms with Crippen molar-refractivity contribution in [2.45, 2.75) is 0 Å². The highest BCUT2D eigenvalue weighted by Crippen LogP contribution is 2.38. The second-order valence-electron chi connectivity index (χ2n) is 12.6. The van der Waals surface area contributed by atoms with Gasteiger partial charge in [-0.05, 0) is 94.0 Å². The molecule has 0 N–H and O–H groups in total. The van der Waals surface area contributed by atoms with E-state index in [1.54, 1.807) is 4.57 Å². The van der Waals surface area contributed by atoms with Crippen molar-refractivity contribution in [1.82, 2.24) is 9.13 Å². The quantitative estimate of drug-likeness (QED) is 0.177. The molecule has 2 heteroatoms. The van der Waals surface area contributed by atoms with Gasteiger partial charge >= 0.3 is 0 Å². The maximum atomic E-state index is 8.73. The average Bonchev–Trinajstić information content (AvgIpc) is 3.75.